The van der Waals surface area contributed by atoms with E-state index < -0.39 is 0 Å². The fraction of sp³-hybridized carbons (Fsp3) is 0.455. The highest BCUT2D eigenvalue weighted by Crippen LogP contribution is 2.27. The zero-order chi connectivity index (χ0) is 10.8. The molecule has 0 spiro atoms. The van der Waals surface area contributed by atoms with E-state index in [0.717, 1.165) is 5.56 Å². The van der Waals surface area contributed by atoms with Crippen LogP contribution in [0, 0.1) is 5.82 Å². The number of hydrogen-bond donors (Lipinski definition) is 1. The van der Waals surface area contributed by atoms with Gasteiger partial charge >= 0.3 is 0 Å². The van der Waals surface area contributed by atoms with Crippen molar-refractivity contribution in [3.8, 4) is 0 Å². The second-order valence-electron chi connectivity index (χ2n) is 3.80. The molecule has 0 amide bonds. The van der Waals surface area contributed by atoms with Crippen molar-refractivity contribution in [1.82, 2.24) is 5.32 Å². The van der Waals surface area contributed by atoms with Crippen LogP contribution in [0.2, 0.25) is 5.02 Å². The molecule has 0 aliphatic carbocycles. The van der Waals surface area contributed by atoms with Gasteiger partial charge in [-0.15, -0.1) is 0 Å². The van der Waals surface area contributed by atoms with Crippen molar-refractivity contribution in [2.75, 3.05) is 13.2 Å². The highest BCUT2D eigenvalue weighted by molar-refractivity contribution is 6.31. The van der Waals surface area contributed by atoms with Crippen molar-refractivity contribution in [1.29, 1.82) is 0 Å². The fourth-order valence-corrected chi connectivity index (χ4v) is 1.89. The molecule has 2 rings (SSSR count). The fourth-order valence-electron chi connectivity index (χ4n) is 1.65. The maximum Gasteiger partial charge on any atom is 0.123 e. The molecule has 2 unspecified atom stereocenters. The smallest absolute Gasteiger partial charge is 0.123 e. The predicted octanol–water partition coefficient (Wildman–Crippen LogP) is 2.53. The molecule has 4 heteroatoms. The Morgan fingerprint density at radius 1 is 1.53 bits per heavy atom. The molecule has 1 fully saturated rings. The Labute approximate surface area is 93.4 Å². The molecule has 1 aromatic carbocycles. The number of nitrogens with one attached hydrogen (secondary N) is 1. The Kier molecular flexibility index (Phi) is 3.24. The van der Waals surface area contributed by atoms with Gasteiger partial charge in [-0.05, 0) is 25.1 Å². The van der Waals surface area contributed by atoms with Gasteiger partial charge in [-0.2, -0.15) is 0 Å². The van der Waals surface area contributed by atoms with Gasteiger partial charge in [0, 0.05) is 23.2 Å². The molecular formula is C11H13ClFNO. The summed E-state index contributed by atoms with van der Waals surface area (Å²) in [4.78, 5) is 0. The maximum absolute atomic E-state index is 13.0. The Morgan fingerprint density at radius 3 is 3.00 bits per heavy atom. The molecule has 1 N–H and O–H groups in total. The Morgan fingerprint density at radius 2 is 2.33 bits per heavy atom. The summed E-state index contributed by atoms with van der Waals surface area (Å²) in [5.74, 6) is -0.281. The van der Waals surface area contributed by atoms with Gasteiger partial charge < -0.3 is 10.1 Å². The molecule has 2 nitrogen and oxygen atoms in total. The maximum atomic E-state index is 13.0. The molecule has 1 saturated heterocycles. The molecule has 15 heavy (non-hydrogen) atoms. The first-order valence-electron chi connectivity index (χ1n) is 4.97. The van der Waals surface area contributed by atoms with E-state index in [1.807, 2.05) is 6.92 Å². The van der Waals surface area contributed by atoms with Gasteiger partial charge in [0.2, 0.25) is 0 Å². The van der Waals surface area contributed by atoms with Crippen LogP contribution in [0.5, 0.6) is 0 Å². The lowest BCUT2D eigenvalue weighted by Gasteiger charge is -2.29. The van der Waals surface area contributed by atoms with Gasteiger partial charge in [-0.25, -0.2) is 4.39 Å². The predicted molar refractivity (Wildman–Crippen MR) is 57.6 cm³/mol. The van der Waals surface area contributed by atoms with Crippen LogP contribution in [0.3, 0.4) is 0 Å². The molecule has 1 aromatic rings. The second kappa shape index (κ2) is 4.47. The van der Waals surface area contributed by atoms with Crippen molar-refractivity contribution in [2.24, 2.45) is 0 Å². The molecular weight excluding hydrogens is 217 g/mol. The van der Waals surface area contributed by atoms with Gasteiger partial charge in [-0.3, -0.25) is 0 Å². The normalized spacial score (nSPS) is 26.6. The van der Waals surface area contributed by atoms with E-state index in [0.29, 0.717) is 24.2 Å². The topological polar surface area (TPSA) is 21.3 Å². The standard InChI is InChI=1S/C11H13ClFNO/c1-7-6-15-11(5-14-7)9-4-8(13)2-3-10(9)12/h2-4,7,11,14H,5-6H2,1H3. The van der Waals surface area contributed by atoms with Gasteiger partial charge in [0.05, 0.1) is 12.7 Å². The van der Waals surface area contributed by atoms with Crippen LogP contribution in [0.1, 0.15) is 18.6 Å². The number of benzene rings is 1. The van der Waals surface area contributed by atoms with E-state index in [4.69, 9.17) is 16.3 Å². The SMILES string of the molecule is CC1COC(c2cc(F)ccc2Cl)CN1. The van der Waals surface area contributed by atoms with Crippen LogP contribution in [0.4, 0.5) is 4.39 Å². The van der Waals surface area contributed by atoms with E-state index >= 15 is 0 Å². The molecule has 1 aliphatic heterocycles. The van der Waals surface area contributed by atoms with E-state index in [1.54, 1.807) is 6.07 Å². The quantitative estimate of drug-likeness (QED) is 0.799. The van der Waals surface area contributed by atoms with E-state index in [-0.39, 0.29) is 11.9 Å². The minimum absolute atomic E-state index is 0.149. The van der Waals surface area contributed by atoms with Crippen molar-refractivity contribution in [2.45, 2.75) is 19.1 Å². The second-order valence-corrected chi connectivity index (χ2v) is 4.20. The number of rotatable bonds is 1. The average molecular weight is 230 g/mol. The minimum atomic E-state index is -0.281. The third-order valence-electron chi connectivity index (χ3n) is 2.50. The number of morpholine rings is 1. The Balaban J connectivity index is 2.18. The summed E-state index contributed by atoms with van der Waals surface area (Å²) >= 11 is 5.99. The van der Waals surface area contributed by atoms with Crippen molar-refractivity contribution < 1.29 is 9.13 Å². The summed E-state index contributed by atoms with van der Waals surface area (Å²) in [6, 6.07) is 4.69. The molecule has 0 bridgehead atoms. The van der Waals surface area contributed by atoms with Gasteiger partial charge in [0.15, 0.2) is 0 Å². The molecule has 82 valence electrons. The summed E-state index contributed by atoms with van der Waals surface area (Å²) in [5, 5.41) is 3.82. The molecule has 0 saturated carbocycles. The molecule has 1 aliphatic rings. The van der Waals surface area contributed by atoms with Crippen LogP contribution in [-0.2, 0) is 4.74 Å². The first kappa shape index (κ1) is 10.9. The molecule has 2 atom stereocenters. The summed E-state index contributed by atoms with van der Waals surface area (Å²) in [6.07, 6.45) is -0.149. The summed E-state index contributed by atoms with van der Waals surface area (Å²) < 4.78 is 18.6. The Bertz CT molecular complexity index is 350. The largest absolute Gasteiger partial charge is 0.371 e. The lowest BCUT2D eigenvalue weighted by Crippen LogP contribution is -2.40. The van der Waals surface area contributed by atoms with Crippen LogP contribution in [0.25, 0.3) is 0 Å². The molecule has 0 aromatic heterocycles. The van der Waals surface area contributed by atoms with Crippen LogP contribution in [0.15, 0.2) is 18.2 Å². The monoisotopic (exact) mass is 229 g/mol. The van der Waals surface area contributed by atoms with E-state index in [9.17, 15) is 4.39 Å². The van der Waals surface area contributed by atoms with Crippen LogP contribution in [-0.4, -0.2) is 19.2 Å². The average Bonchev–Trinajstić information content (AvgIpc) is 2.23. The van der Waals surface area contributed by atoms with Crippen molar-refractivity contribution in [3.05, 3.63) is 34.6 Å². The molecule has 0 radical (unpaired) electrons. The highest BCUT2D eigenvalue weighted by atomic mass is 35.5. The number of hydrogen-bond acceptors (Lipinski definition) is 2. The summed E-state index contributed by atoms with van der Waals surface area (Å²) in [6.45, 7) is 3.34. The van der Waals surface area contributed by atoms with E-state index in [2.05, 4.69) is 5.32 Å². The summed E-state index contributed by atoms with van der Waals surface area (Å²) in [5.41, 5.74) is 0.719. The van der Waals surface area contributed by atoms with E-state index in [1.165, 1.54) is 12.1 Å². The first-order valence-corrected chi connectivity index (χ1v) is 5.34. The van der Waals surface area contributed by atoms with Gasteiger partial charge in [0.1, 0.15) is 5.82 Å². The van der Waals surface area contributed by atoms with Gasteiger partial charge in [-0.1, -0.05) is 11.6 Å². The van der Waals surface area contributed by atoms with Crippen LogP contribution < -0.4 is 5.32 Å². The lowest BCUT2D eigenvalue weighted by molar-refractivity contribution is 0.00686. The lowest BCUT2D eigenvalue weighted by atomic mass is 10.1. The molecule has 1 heterocycles. The van der Waals surface area contributed by atoms with Crippen molar-refractivity contribution >= 4 is 11.6 Å². The minimum Gasteiger partial charge on any atom is -0.371 e. The number of halogens is 2. The highest BCUT2D eigenvalue weighted by Gasteiger charge is 2.21. The summed E-state index contributed by atoms with van der Waals surface area (Å²) in [7, 11) is 0. The zero-order valence-electron chi connectivity index (χ0n) is 8.47. The first-order chi connectivity index (χ1) is 7.16. The van der Waals surface area contributed by atoms with Crippen molar-refractivity contribution in [3.63, 3.8) is 0 Å². The van der Waals surface area contributed by atoms with Gasteiger partial charge in [0.25, 0.3) is 0 Å². The number of ether oxygens (including phenoxy) is 1. The zero-order valence-corrected chi connectivity index (χ0v) is 9.22. The van der Waals surface area contributed by atoms with Crippen LogP contribution >= 0.6 is 11.6 Å². The third-order valence-corrected chi connectivity index (χ3v) is 2.85. The Hall–Kier alpha value is -0.640. The third kappa shape index (κ3) is 2.48.